The summed E-state index contributed by atoms with van der Waals surface area (Å²) in [5, 5.41) is 0. The maximum Gasteiger partial charge on any atom is 0.339 e. The fourth-order valence-electron chi connectivity index (χ4n) is 2.93. The first-order valence-electron chi connectivity index (χ1n) is 8.33. The Hall–Kier alpha value is -2.40. The third-order valence-electron chi connectivity index (χ3n) is 4.67. The SMILES string of the molecule is COC(=O)c1c(C)[nH]c(C(=O)[C@H](C)N(C)Cc2ccc(C)cc2)c1C. The molecule has 0 saturated carbocycles. The highest BCUT2D eigenvalue weighted by Crippen LogP contribution is 2.21. The van der Waals surface area contributed by atoms with Crippen LogP contribution in [-0.4, -0.2) is 41.8 Å². The average molecular weight is 342 g/mol. The smallest absolute Gasteiger partial charge is 0.339 e. The number of benzene rings is 1. The maximum atomic E-state index is 12.9. The lowest BCUT2D eigenvalue weighted by Crippen LogP contribution is -2.36. The summed E-state index contributed by atoms with van der Waals surface area (Å²) in [5.41, 5.74) is 4.58. The van der Waals surface area contributed by atoms with Crippen molar-refractivity contribution in [2.75, 3.05) is 14.2 Å². The third kappa shape index (κ3) is 3.99. The van der Waals surface area contributed by atoms with E-state index in [9.17, 15) is 9.59 Å². The molecule has 1 heterocycles. The molecule has 0 bridgehead atoms. The van der Waals surface area contributed by atoms with Crippen molar-refractivity contribution in [1.82, 2.24) is 9.88 Å². The molecule has 1 atom stereocenters. The molecule has 0 aliphatic carbocycles. The van der Waals surface area contributed by atoms with E-state index in [1.54, 1.807) is 13.8 Å². The molecular weight excluding hydrogens is 316 g/mol. The van der Waals surface area contributed by atoms with Crippen LogP contribution in [0.25, 0.3) is 0 Å². The molecule has 0 fully saturated rings. The summed E-state index contributed by atoms with van der Waals surface area (Å²) >= 11 is 0. The summed E-state index contributed by atoms with van der Waals surface area (Å²) in [6, 6.07) is 7.96. The Morgan fingerprint density at radius 1 is 1.16 bits per heavy atom. The van der Waals surface area contributed by atoms with Gasteiger partial charge in [-0.2, -0.15) is 0 Å². The van der Waals surface area contributed by atoms with Crippen molar-refractivity contribution in [3.8, 4) is 0 Å². The normalized spacial score (nSPS) is 12.3. The molecule has 0 unspecified atom stereocenters. The number of aromatic nitrogens is 1. The molecule has 0 spiro atoms. The van der Waals surface area contributed by atoms with Gasteiger partial charge in [-0.05, 0) is 45.9 Å². The van der Waals surface area contributed by atoms with Crippen LogP contribution in [0.4, 0.5) is 0 Å². The summed E-state index contributed by atoms with van der Waals surface area (Å²) in [5.74, 6) is -0.462. The highest BCUT2D eigenvalue weighted by molar-refractivity contribution is 6.03. The van der Waals surface area contributed by atoms with Gasteiger partial charge in [0.05, 0.1) is 24.4 Å². The summed E-state index contributed by atoms with van der Waals surface area (Å²) in [6.45, 7) is 8.15. The molecule has 1 N–H and O–H groups in total. The van der Waals surface area contributed by atoms with Gasteiger partial charge in [0, 0.05) is 12.2 Å². The first-order chi connectivity index (χ1) is 11.8. The number of ketones is 1. The van der Waals surface area contributed by atoms with Crippen LogP contribution in [0.1, 0.15) is 50.2 Å². The van der Waals surface area contributed by atoms with E-state index in [0.717, 1.165) is 5.56 Å². The first kappa shape index (κ1) is 18.9. The molecule has 2 rings (SSSR count). The fourth-order valence-corrected chi connectivity index (χ4v) is 2.93. The Balaban J connectivity index is 2.19. The van der Waals surface area contributed by atoms with Gasteiger partial charge in [-0.3, -0.25) is 9.69 Å². The minimum absolute atomic E-state index is 0.0367. The van der Waals surface area contributed by atoms with Gasteiger partial charge in [0.25, 0.3) is 0 Å². The number of carbonyl (C=O) groups is 2. The number of esters is 1. The fraction of sp³-hybridized carbons (Fsp3) is 0.400. The van der Waals surface area contributed by atoms with Crippen LogP contribution in [0.5, 0.6) is 0 Å². The molecule has 25 heavy (non-hydrogen) atoms. The second kappa shape index (κ2) is 7.66. The lowest BCUT2D eigenvalue weighted by Gasteiger charge is -2.23. The van der Waals surface area contributed by atoms with E-state index in [0.29, 0.717) is 29.1 Å². The van der Waals surface area contributed by atoms with Crippen molar-refractivity contribution in [3.05, 3.63) is 57.9 Å². The Morgan fingerprint density at radius 2 is 1.76 bits per heavy atom. The number of nitrogens with one attached hydrogen (secondary N) is 1. The number of hydrogen-bond donors (Lipinski definition) is 1. The van der Waals surface area contributed by atoms with Crippen LogP contribution in [0.15, 0.2) is 24.3 Å². The second-order valence-corrected chi connectivity index (χ2v) is 6.56. The van der Waals surface area contributed by atoms with Gasteiger partial charge in [0.1, 0.15) is 0 Å². The van der Waals surface area contributed by atoms with Crippen molar-refractivity contribution in [1.29, 1.82) is 0 Å². The van der Waals surface area contributed by atoms with Crippen LogP contribution < -0.4 is 0 Å². The number of rotatable bonds is 6. The molecule has 0 aliphatic rings. The molecule has 0 aliphatic heterocycles. The van der Waals surface area contributed by atoms with Gasteiger partial charge >= 0.3 is 5.97 Å². The summed E-state index contributed by atoms with van der Waals surface area (Å²) < 4.78 is 4.81. The zero-order chi connectivity index (χ0) is 18.7. The van der Waals surface area contributed by atoms with Gasteiger partial charge in [-0.15, -0.1) is 0 Å². The number of H-pyrrole nitrogens is 1. The lowest BCUT2D eigenvalue weighted by molar-refractivity contribution is 0.0599. The highest BCUT2D eigenvalue weighted by atomic mass is 16.5. The standard InChI is InChI=1S/C20H26N2O3/c1-12-7-9-16(10-8-12)11-22(5)15(4)19(23)18-13(2)17(14(3)21-18)20(24)25-6/h7-10,15,21H,11H2,1-6H3/t15-/m0/s1. The number of Topliss-reactive ketones (excluding diaryl/α,β-unsaturated/α-hetero) is 1. The number of methoxy groups -OCH3 is 1. The van der Waals surface area contributed by atoms with Gasteiger partial charge in [0.2, 0.25) is 0 Å². The van der Waals surface area contributed by atoms with E-state index in [1.165, 1.54) is 12.7 Å². The van der Waals surface area contributed by atoms with Crippen LogP contribution in [0.2, 0.25) is 0 Å². The molecule has 134 valence electrons. The average Bonchev–Trinajstić information content (AvgIpc) is 2.89. The van der Waals surface area contributed by atoms with E-state index in [4.69, 9.17) is 4.74 Å². The van der Waals surface area contributed by atoms with E-state index >= 15 is 0 Å². The molecule has 1 aromatic carbocycles. The number of carbonyl (C=O) groups excluding carboxylic acids is 2. The number of likely N-dealkylation sites (N-methyl/N-ethyl adjacent to an activating group) is 1. The van der Waals surface area contributed by atoms with E-state index in [2.05, 4.69) is 36.2 Å². The summed E-state index contributed by atoms with van der Waals surface area (Å²) in [6.07, 6.45) is 0. The number of aromatic amines is 1. The second-order valence-electron chi connectivity index (χ2n) is 6.56. The minimum atomic E-state index is -0.425. The van der Waals surface area contributed by atoms with Crippen molar-refractivity contribution in [3.63, 3.8) is 0 Å². The molecule has 1 aromatic heterocycles. The van der Waals surface area contributed by atoms with Crippen molar-refractivity contribution in [2.24, 2.45) is 0 Å². The predicted octanol–water partition coefficient (Wildman–Crippen LogP) is 3.43. The van der Waals surface area contributed by atoms with E-state index < -0.39 is 5.97 Å². The summed E-state index contributed by atoms with van der Waals surface area (Å²) in [7, 11) is 3.27. The first-order valence-corrected chi connectivity index (χ1v) is 8.33. The Bertz CT molecular complexity index is 775. The quantitative estimate of drug-likeness (QED) is 0.645. The van der Waals surface area contributed by atoms with Gasteiger partial charge in [0.15, 0.2) is 5.78 Å². The zero-order valence-electron chi connectivity index (χ0n) is 15.8. The third-order valence-corrected chi connectivity index (χ3v) is 4.67. The van der Waals surface area contributed by atoms with E-state index in [1.807, 2.05) is 18.9 Å². The highest BCUT2D eigenvalue weighted by Gasteiger charge is 2.27. The van der Waals surface area contributed by atoms with Crippen LogP contribution in [0, 0.1) is 20.8 Å². The van der Waals surface area contributed by atoms with Gasteiger partial charge in [-0.25, -0.2) is 4.79 Å². The Labute approximate surface area is 149 Å². The molecular formula is C20H26N2O3. The molecule has 0 radical (unpaired) electrons. The van der Waals surface area contributed by atoms with Crippen molar-refractivity contribution < 1.29 is 14.3 Å². The van der Waals surface area contributed by atoms with Crippen LogP contribution >= 0.6 is 0 Å². The molecule has 5 nitrogen and oxygen atoms in total. The molecule has 0 amide bonds. The number of nitrogens with zero attached hydrogens (tertiary/aromatic N) is 1. The van der Waals surface area contributed by atoms with Crippen molar-refractivity contribution >= 4 is 11.8 Å². The van der Waals surface area contributed by atoms with E-state index in [-0.39, 0.29) is 11.8 Å². The monoisotopic (exact) mass is 342 g/mol. The Morgan fingerprint density at radius 3 is 2.32 bits per heavy atom. The number of ether oxygens (including phenoxy) is 1. The predicted molar refractivity (Wildman–Crippen MR) is 98.0 cm³/mol. The zero-order valence-corrected chi connectivity index (χ0v) is 15.8. The van der Waals surface area contributed by atoms with Gasteiger partial charge < -0.3 is 9.72 Å². The van der Waals surface area contributed by atoms with Crippen molar-refractivity contribution in [2.45, 2.75) is 40.3 Å². The summed E-state index contributed by atoms with van der Waals surface area (Å²) in [4.78, 5) is 29.9. The molecule has 5 heteroatoms. The number of aryl methyl sites for hydroxylation is 2. The van der Waals surface area contributed by atoms with Gasteiger partial charge in [-0.1, -0.05) is 29.8 Å². The number of hydrogen-bond acceptors (Lipinski definition) is 4. The molecule has 2 aromatic rings. The lowest BCUT2D eigenvalue weighted by atomic mass is 10.0. The topological polar surface area (TPSA) is 62.4 Å². The maximum absolute atomic E-state index is 12.9. The van der Waals surface area contributed by atoms with Crippen LogP contribution in [0.3, 0.4) is 0 Å². The molecule has 0 saturated heterocycles. The minimum Gasteiger partial charge on any atom is -0.465 e. The largest absolute Gasteiger partial charge is 0.465 e. The van der Waals surface area contributed by atoms with Crippen LogP contribution in [-0.2, 0) is 11.3 Å². The Kier molecular flexibility index (Phi) is 5.80.